The Morgan fingerprint density at radius 2 is 2.06 bits per heavy atom. The molecule has 0 radical (unpaired) electrons. The number of benzene rings is 2. The Labute approximate surface area is 191 Å². The Morgan fingerprint density at radius 1 is 1.28 bits per heavy atom. The number of halogens is 1. The maximum Gasteiger partial charge on any atom is 0.340 e. The van der Waals surface area contributed by atoms with Crippen LogP contribution < -0.4 is 0 Å². The molecule has 0 aliphatic rings. The van der Waals surface area contributed by atoms with Gasteiger partial charge < -0.3 is 9.64 Å². The molecule has 0 unspecified atom stereocenters. The van der Waals surface area contributed by atoms with E-state index < -0.39 is 29.2 Å². The molecule has 1 aromatic heterocycles. The van der Waals surface area contributed by atoms with Crippen LogP contribution in [-0.2, 0) is 16.1 Å². The molecule has 166 valence electrons. The number of carbonyl (C=O) groups is 2. The summed E-state index contributed by atoms with van der Waals surface area (Å²) < 4.78 is 19.1. The van der Waals surface area contributed by atoms with E-state index in [2.05, 4.69) is 4.98 Å². The zero-order valence-corrected chi connectivity index (χ0v) is 18.7. The number of ether oxygens (including phenoxy) is 1. The van der Waals surface area contributed by atoms with Crippen LogP contribution in [0.1, 0.15) is 21.6 Å². The topological polar surface area (TPSA) is 103 Å². The number of aryl methyl sites for hydroxylation is 1. The van der Waals surface area contributed by atoms with E-state index in [9.17, 15) is 24.1 Å². The number of non-ortho nitro benzene ring substituents is 1. The van der Waals surface area contributed by atoms with E-state index in [1.165, 1.54) is 65.4 Å². The van der Waals surface area contributed by atoms with Crippen LogP contribution in [0.4, 0.5) is 10.1 Å². The molecule has 8 nitrogen and oxygen atoms in total. The Morgan fingerprint density at radius 3 is 2.72 bits per heavy atom. The van der Waals surface area contributed by atoms with Crippen molar-refractivity contribution in [2.45, 2.75) is 22.7 Å². The molecule has 0 atom stereocenters. The number of nitro groups is 1. The van der Waals surface area contributed by atoms with Gasteiger partial charge in [-0.25, -0.2) is 14.2 Å². The summed E-state index contributed by atoms with van der Waals surface area (Å²) in [5.41, 5.74) is 1.10. The van der Waals surface area contributed by atoms with Crippen molar-refractivity contribution in [1.29, 1.82) is 0 Å². The normalized spacial score (nSPS) is 10.6. The molecule has 0 N–H and O–H groups in total. The molecule has 1 amide bonds. The number of esters is 1. The summed E-state index contributed by atoms with van der Waals surface area (Å²) in [7, 11) is 1.50. The van der Waals surface area contributed by atoms with Gasteiger partial charge >= 0.3 is 5.97 Å². The lowest BCUT2D eigenvalue weighted by Crippen LogP contribution is -2.31. The van der Waals surface area contributed by atoms with E-state index >= 15 is 0 Å². The summed E-state index contributed by atoms with van der Waals surface area (Å²) in [6, 6.07) is 9.68. The number of rotatable bonds is 8. The van der Waals surface area contributed by atoms with Crippen LogP contribution >= 0.6 is 23.1 Å². The maximum absolute atomic E-state index is 13.3. The van der Waals surface area contributed by atoms with Crippen molar-refractivity contribution in [2.24, 2.45) is 0 Å². The molecule has 0 aliphatic carbocycles. The number of nitro benzene ring substituents is 1. The highest BCUT2D eigenvalue weighted by Crippen LogP contribution is 2.34. The molecule has 0 aliphatic heterocycles. The number of hydrogen-bond acceptors (Lipinski definition) is 8. The van der Waals surface area contributed by atoms with Gasteiger partial charge in [-0.15, -0.1) is 11.3 Å². The molecule has 3 aromatic rings. The molecule has 0 saturated heterocycles. The molecule has 0 fully saturated rings. The summed E-state index contributed by atoms with van der Waals surface area (Å²) in [6.07, 6.45) is 0. The van der Waals surface area contributed by atoms with Crippen LogP contribution in [0.5, 0.6) is 0 Å². The van der Waals surface area contributed by atoms with Crippen molar-refractivity contribution in [1.82, 2.24) is 9.88 Å². The Hall–Kier alpha value is -3.31. The van der Waals surface area contributed by atoms with Crippen molar-refractivity contribution in [2.75, 3.05) is 13.7 Å². The van der Waals surface area contributed by atoms with E-state index in [1.807, 2.05) is 12.3 Å². The molecule has 2 aromatic carbocycles. The molecule has 3 rings (SSSR count). The van der Waals surface area contributed by atoms with Crippen LogP contribution in [-0.4, -0.2) is 40.3 Å². The average Bonchev–Trinajstić information content (AvgIpc) is 3.16. The first-order valence-electron chi connectivity index (χ1n) is 9.27. The van der Waals surface area contributed by atoms with Gasteiger partial charge in [-0.2, -0.15) is 0 Å². The third kappa shape index (κ3) is 6.11. The molecule has 11 heteroatoms. The number of nitrogens with zero attached hydrogens (tertiary/aromatic N) is 3. The summed E-state index contributed by atoms with van der Waals surface area (Å²) in [6.45, 7) is 1.40. The predicted octanol–water partition coefficient (Wildman–Crippen LogP) is 4.47. The van der Waals surface area contributed by atoms with E-state index in [-0.39, 0.29) is 17.8 Å². The number of likely N-dealkylation sites (N-methyl/N-ethyl adjacent to an activating group) is 1. The standard InChI is InChI=1S/C21H18FN3O5S2/c1-13-12-31-21(23-13)32-18-7-6-16(25(28)29)9-17(18)20(27)30-11-19(26)24(2)10-14-4-3-5-15(22)8-14/h3-9,12H,10-11H2,1-2H3. The largest absolute Gasteiger partial charge is 0.452 e. The molecule has 1 heterocycles. The highest BCUT2D eigenvalue weighted by Gasteiger charge is 2.21. The van der Waals surface area contributed by atoms with Crippen molar-refractivity contribution in [3.8, 4) is 0 Å². The number of amides is 1. The fraction of sp³-hybridized carbons (Fsp3) is 0.190. The molecule has 0 saturated carbocycles. The van der Waals surface area contributed by atoms with Crippen molar-refractivity contribution >= 4 is 40.7 Å². The molecule has 0 bridgehead atoms. The Bertz CT molecular complexity index is 1170. The van der Waals surface area contributed by atoms with Gasteiger partial charge in [-0.3, -0.25) is 14.9 Å². The summed E-state index contributed by atoms with van der Waals surface area (Å²) in [4.78, 5) is 41.6. The van der Waals surface area contributed by atoms with E-state index in [4.69, 9.17) is 4.74 Å². The van der Waals surface area contributed by atoms with E-state index in [0.29, 0.717) is 14.8 Å². The summed E-state index contributed by atoms with van der Waals surface area (Å²) >= 11 is 2.56. The fourth-order valence-electron chi connectivity index (χ4n) is 2.67. The van der Waals surface area contributed by atoms with Gasteiger partial charge in [0.05, 0.1) is 10.5 Å². The van der Waals surface area contributed by atoms with Gasteiger partial charge in [0.1, 0.15) is 5.82 Å². The zero-order chi connectivity index (χ0) is 23.3. The third-order valence-electron chi connectivity index (χ3n) is 4.25. The third-order valence-corrected chi connectivity index (χ3v) is 6.38. The molecular weight excluding hydrogens is 457 g/mol. The predicted molar refractivity (Wildman–Crippen MR) is 117 cm³/mol. The Balaban J connectivity index is 1.70. The maximum atomic E-state index is 13.3. The van der Waals surface area contributed by atoms with Crippen LogP contribution in [0.25, 0.3) is 0 Å². The van der Waals surface area contributed by atoms with Gasteiger partial charge in [-0.1, -0.05) is 23.9 Å². The SMILES string of the molecule is Cc1csc(Sc2ccc([N+](=O)[O-])cc2C(=O)OCC(=O)N(C)Cc2cccc(F)c2)n1. The smallest absolute Gasteiger partial charge is 0.340 e. The lowest BCUT2D eigenvalue weighted by Gasteiger charge is -2.17. The first kappa shape index (κ1) is 23.4. The van der Waals surface area contributed by atoms with Crippen LogP contribution in [0.15, 0.2) is 57.1 Å². The summed E-state index contributed by atoms with van der Waals surface area (Å²) in [5, 5.41) is 13.0. The van der Waals surface area contributed by atoms with Crippen molar-refractivity contribution < 1.29 is 23.6 Å². The lowest BCUT2D eigenvalue weighted by atomic mass is 10.2. The van der Waals surface area contributed by atoms with E-state index in [1.54, 1.807) is 6.07 Å². The van der Waals surface area contributed by atoms with Crippen molar-refractivity contribution in [3.63, 3.8) is 0 Å². The number of hydrogen-bond donors (Lipinski definition) is 0. The zero-order valence-electron chi connectivity index (χ0n) is 17.1. The quantitative estimate of drug-likeness (QED) is 0.269. The minimum absolute atomic E-state index is 0.0300. The van der Waals surface area contributed by atoms with Gasteiger partial charge in [0.2, 0.25) is 0 Å². The Kier molecular flexibility index (Phi) is 7.54. The molecule has 0 spiro atoms. The number of carbonyl (C=O) groups excluding carboxylic acids is 2. The highest BCUT2D eigenvalue weighted by molar-refractivity contribution is 8.01. The van der Waals surface area contributed by atoms with Crippen LogP contribution in [0, 0.1) is 22.9 Å². The first-order chi connectivity index (χ1) is 15.2. The minimum Gasteiger partial charge on any atom is -0.452 e. The fourth-order valence-corrected chi connectivity index (χ4v) is 4.56. The second-order valence-electron chi connectivity index (χ2n) is 6.75. The monoisotopic (exact) mass is 475 g/mol. The molecule has 32 heavy (non-hydrogen) atoms. The second kappa shape index (κ2) is 10.3. The van der Waals surface area contributed by atoms with Crippen LogP contribution in [0.3, 0.4) is 0 Å². The average molecular weight is 476 g/mol. The van der Waals surface area contributed by atoms with Crippen molar-refractivity contribution in [3.05, 3.63) is 80.6 Å². The van der Waals surface area contributed by atoms with Gasteiger partial charge in [-0.05, 0) is 30.7 Å². The summed E-state index contributed by atoms with van der Waals surface area (Å²) in [5.74, 6) is -1.78. The second-order valence-corrected chi connectivity index (χ2v) is 8.90. The highest BCUT2D eigenvalue weighted by atomic mass is 32.2. The minimum atomic E-state index is -0.864. The van der Waals surface area contributed by atoms with Gasteiger partial charge in [0.15, 0.2) is 10.9 Å². The van der Waals surface area contributed by atoms with Gasteiger partial charge in [0.25, 0.3) is 11.6 Å². The molecular formula is C21H18FN3O5S2. The van der Waals surface area contributed by atoms with Crippen LogP contribution in [0.2, 0.25) is 0 Å². The first-order valence-corrected chi connectivity index (χ1v) is 11.0. The van der Waals surface area contributed by atoms with Gasteiger partial charge in [0, 0.05) is 41.7 Å². The number of aromatic nitrogens is 1. The lowest BCUT2D eigenvalue weighted by molar-refractivity contribution is -0.384. The number of thiazole rings is 1. The van der Waals surface area contributed by atoms with E-state index in [0.717, 1.165) is 11.8 Å².